The molecule has 0 bridgehead atoms. The molecule has 0 saturated heterocycles. The molecule has 1 N–H and O–H groups in total. The zero-order valence-electron chi connectivity index (χ0n) is 14.5. The highest BCUT2D eigenvalue weighted by Gasteiger charge is 2.53. The van der Waals surface area contributed by atoms with Crippen LogP contribution in [0.15, 0.2) is 45.9 Å². The van der Waals surface area contributed by atoms with Gasteiger partial charge in [-0.1, -0.05) is 25.0 Å². The molecule has 0 spiro atoms. The van der Waals surface area contributed by atoms with Crippen LogP contribution < -0.4 is 5.32 Å². The number of amides is 1. The monoisotopic (exact) mass is 361 g/mol. The average molecular weight is 361 g/mol. The predicted octanol–water partition coefficient (Wildman–Crippen LogP) is 3.30. The van der Waals surface area contributed by atoms with Gasteiger partial charge in [-0.3, -0.25) is 4.79 Å². The van der Waals surface area contributed by atoms with E-state index in [9.17, 15) is 13.2 Å². The SMILES string of the molecule is Cc1ccc(C)c(S(=O)(=O)C2(C(=O)NCc3ccco3)CCCC2)c1. The van der Waals surface area contributed by atoms with Crippen LogP contribution in [0.1, 0.15) is 42.6 Å². The molecule has 0 atom stereocenters. The molecule has 1 fully saturated rings. The average Bonchev–Trinajstić information content (AvgIpc) is 3.27. The maximum Gasteiger partial charge on any atom is 0.242 e. The van der Waals surface area contributed by atoms with Gasteiger partial charge in [-0.25, -0.2) is 8.42 Å². The fraction of sp³-hybridized carbons (Fsp3) is 0.421. The number of furan rings is 1. The molecule has 1 heterocycles. The van der Waals surface area contributed by atoms with Crippen molar-refractivity contribution in [3.63, 3.8) is 0 Å². The highest BCUT2D eigenvalue weighted by Crippen LogP contribution is 2.41. The maximum absolute atomic E-state index is 13.4. The first-order valence-electron chi connectivity index (χ1n) is 8.49. The molecule has 0 unspecified atom stereocenters. The first-order chi connectivity index (χ1) is 11.9. The van der Waals surface area contributed by atoms with Crippen molar-refractivity contribution in [2.75, 3.05) is 0 Å². The molecule has 1 aromatic heterocycles. The number of nitrogens with one attached hydrogen (secondary N) is 1. The summed E-state index contributed by atoms with van der Waals surface area (Å²) in [6.07, 6.45) is 3.70. The number of hydrogen-bond acceptors (Lipinski definition) is 4. The summed E-state index contributed by atoms with van der Waals surface area (Å²) in [4.78, 5) is 13.2. The van der Waals surface area contributed by atoms with Crippen LogP contribution in [0.25, 0.3) is 0 Å². The Morgan fingerprint density at radius 2 is 1.92 bits per heavy atom. The Morgan fingerprint density at radius 3 is 2.56 bits per heavy atom. The standard InChI is InChI=1S/C19H23NO4S/c1-14-7-8-15(2)17(12-14)25(22,23)19(9-3-4-10-19)18(21)20-13-16-6-5-11-24-16/h5-8,11-12H,3-4,9-10,13H2,1-2H3,(H,20,21). The molecular formula is C19H23NO4S. The lowest BCUT2D eigenvalue weighted by Crippen LogP contribution is -2.50. The van der Waals surface area contributed by atoms with Crippen molar-refractivity contribution in [3.8, 4) is 0 Å². The molecule has 0 aliphatic heterocycles. The Hall–Kier alpha value is -2.08. The Labute approximate surface area is 148 Å². The summed E-state index contributed by atoms with van der Waals surface area (Å²) < 4.78 is 30.7. The molecule has 5 nitrogen and oxygen atoms in total. The summed E-state index contributed by atoms with van der Waals surface area (Å²) in [7, 11) is -3.79. The van der Waals surface area contributed by atoms with Gasteiger partial charge in [0.05, 0.1) is 17.7 Å². The second kappa shape index (κ2) is 6.67. The fourth-order valence-corrected chi connectivity index (χ4v) is 5.91. The molecular weight excluding hydrogens is 338 g/mol. The predicted molar refractivity (Wildman–Crippen MR) is 94.9 cm³/mol. The Morgan fingerprint density at radius 1 is 1.20 bits per heavy atom. The highest BCUT2D eigenvalue weighted by molar-refractivity contribution is 7.93. The minimum Gasteiger partial charge on any atom is -0.467 e. The van der Waals surface area contributed by atoms with Crippen LogP contribution in [0.3, 0.4) is 0 Å². The van der Waals surface area contributed by atoms with Gasteiger partial charge >= 0.3 is 0 Å². The number of sulfone groups is 1. The summed E-state index contributed by atoms with van der Waals surface area (Å²) in [6.45, 7) is 3.82. The van der Waals surface area contributed by atoms with Crippen molar-refractivity contribution in [1.29, 1.82) is 0 Å². The molecule has 25 heavy (non-hydrogen) atoms. The summed E-state index contributed by atoms with van der Waals surface area (Å²) >= 11 is 0. The van der Waals surface area contributed by atoms with Crippen molar-refractivity contribution in [2.24, 2.45) is 0 Å². The van der Waals surface area contributed by atoms with Crippen LogP contribution in [0.5, 0.6) is 0 Å². The molecule has 1 aliphatic carbocycles. The van der Waals surface area contributed by atoms with Crippen molar-refractivity contribution in [2.45, 2.75) is 55.7 Å². The first-order valence-corrected chi connectivity index (χ1v) is 9.98. The van der Waals surface area contributed by atoms with Crippen LogP contribution in [0.4, 0.5) is 0 Å². The normalized spacial score (nSPS) is 16.7. The van der Waals surface area contributed by atoms with E-state index in [4.69, 9.17) is 4.42 Å². The summed E-state index contributed by atoms with van der Waals surface area (Å²) in [5.74, 6) is 0.174. The Balaban J connectivity index is 1.96. The van der Waals surface area contributed by atoms with Crippen LogP contribution in [-0.2, 0) is 21.2 Å². The largest absolute Gasteiger partial charge is 0.467 e. The highest BCUT2D eigenvalue weighted by atomic mass is 32.2. The lowest BCUT2D eigenvalue weighted by molar-refractivity contribution is -0.123. The zero-order valence-corrected chi connectivity index (χ0v) is 15.4. The number of hydrogen-bond donors (Lipinski definition) is 1. The van der Waals surface area contributed by atoms with Gasteiger partial charge in [0.1, 0.15) is 5.76 Å². The fourth-order valence-electron chi connectivity index (χ4n) is 3.51. The van der Waals surface area contributed by atoms with Gasteiger partial charge in [-0.05, 0) is 56.0 Å². The van der Waals surface area contributed by atoms with E-state index in [0.29, 0.717) is 24.2 Å². The van der Waals surface area contributed by atoms with Gasteiger partial charge in [-0.15, -0.1) is 0 Å². The van der Waals surface area contributed by atoms with E-state index in [1.165, 1.54) is 6.26 Å². The number of rotatable bonds is 5. The van der Waals surface area contributed by atoms with Crippen molar-refractivity contribution in [1.82, 2.24) is 5.32 Å². The van der Waals surface area contributed by atoms with E-state index in [1.54, 1.807) is 31.2 Å². The third kappa shape index (κ3) is 3.11. The molecule has 1 saturated carbocycles. The minimum absolute atomic E-state index is 0.190. The van der Waals surface area contributed by atoms with E-state index in [2.05, 4.69) is 5.32 Å². The molecule has 3 rings (SSSR count). The summed E-state index contributed by atoms with van der Waals surface area (Å²) in [5, 5.41) is 2.77. The van der Waals surface area contributed by atoms with Crippen molar-refractivity contribution in [3.05, 3.63) is 53.5 Å². The number of carbonyl (C=O) groups excluding carboxylic acids is 1. The topological polar surface area (TPSA) is 76.4 Å². The Bertz CT molecular complexity index is 863. The quantitative estimate of drug-likeness (QED) is 0.886. The van der Waals surface area contributed by atoms with Crippen LogP contribution in [0.2, 0.25) is 0 Å². The van der Waals surface area contributed by atoms with E-state index in [0.717, 1.165) is 18.4 Å². The third-order valence-corrected chi connectivity index (χ3v) is 7.62. The molecule has 1 amide bonds. The van der Waals surface area contributed by atoms with Gasteiger partial charge in [0.25, 0.3) is 0 Å². The number of benzene rings is 1. The second-order valence-electron chi connectivity index (χ2n) is 6.74. The zero-order chi connectivity index (χ0) is 18.1. The summed E-state index contributed by atoms with van der Waals surface area (Å²) in [6, 6.07) is 8.84. The van der Waals surface area contributed by atoms with E-state index < -0.39 is 20.5 Å². The van der Waals surface area contributed by atoms with Crippen molar-refractivity contribution < 1.29 is 17.6 Å². The third-order valence-electron chi connectivity index (χ3n) is 4.98. The van der Waals surface area contributed by atoms with Gasteiger partial charge in [0.2, 0.25) is 5.91 Å². The Kier molecular flexibility index (Phi) is 4.73. The molecule has 1 aliphatic rings. The first kappa shape index (κ1) is 17.7. The molecule has 1 aromatic carbocycles. The lowest BCUT2D eigenvalue weighted by Gasteiger charge is -2.28. The number of carbonyl (C=O) groups is 1. The summed E-state index contributed by atoms with van der Waals surface area (Å²) in [5.41, 5.74) is 1.55. The van der Waals surface area contributed by atoms with E-state index in [-0.39, 0.29) is 11.4 Å². The second-order valence-corrected chi connectivity index (χ2v) is 8.96. The molecule has 0 radical (unpaired) electrons. The maximum atomic E-state index is 13.4. The van der Waals surface area contributed by atoms with Gasteiger partial charge in [-0.2, -0.15) is 0 Å². The molecule has 6 heteroatoms. The van der Waals surface area contributed by atoms with Gasteiger partial charge in [0.15, 0.2) is 14.6 Å². The lowest BCUT2D eigenvalue weighted by atomic mass is 10.1. The smallest absolute Gasteiger partial charge is 0.242 e. The van der Waals surface area contributed by atoms with Crippen LogP contribution >= 0.6 is 0 Å². The van der Waals surface area contributed by atoms with Crippen LogP contribution in [0, 0.1) is 13.8 Å². The van der Waals surface area contributed by atoms with Gasteiger partial charge in [0, 0.05) is 0 Å². The van der Waals surface area contributed by atoms with E-state index >= 15 is 0 Å². The van der Waals surface area contributed by atoms with E-state index in [1.807, 2.05) is 13.0 Å². The molecule has 134 valence electrons. The minimum atomic E-state index is -3.79. The van der Waals surface area contributed by atoms with Crippen LogP contribution in [-0.4, -0.2) is 19.1 Å². The van der Waals surface area contributed by atoms with Gasteiger partial charge < -0.3 is 9.73 Å². The molecule has 2 aromatic rings. The van der Waals surface area contributed by atoms with Crippen molar-refractivity contribution >= 4 is 15.7 Å². The number of aryl methyl sites for hydroxylation is 2.